The van der Waals surface area contributed by atoms with Gasteiger partial charge in [-0.15, -0.1) is 0 Å². The van der Waals surface area contributed by atoms with E-state index < -0.39 is 62.2 Å². The average Bonchev–Trinajstić information content (AvgIpc) is 4.19. The number of carbonyl (C=O) groups is 4. The molecule has 2 saturated carbocycles. The third-order valence-electron chi connectivity index (χ3n) is 13.4. The van der Waals surface area contributed by atoms with Gasteiger partial charge < -0.3 is 19.4 Å². The number of nitrogens with one attached hydrogen (secondary N) is 2. The number of ether oxygens (including phenoxy) is 1. The number of halogens is 3. The van der Waals surface area contributed by atoms with Crippen molar-refractivity contribution in [1.82, 2.24) is 24.9 Å². The minimum atomic E-state index is -4.56. The fourth-order valence-electron chi connectivity index (χ4n) is 9.53. The normalized spacial score (nSPS) is 24.4. The summed E-state index contributed by atoms with van der Waals surface area (Å²) in [5, 5.41) is 2.87. The number of allylic oxidation sites excluding steroid dienone is 2. The van der Waals surface area contributed by atoms with Gasteiger partial charge in [0.2, 0.25) is 27.4 Å². The van der Waals surface area contributed by atoms with Crippen LogP contribution in [-0.2, 0) is 37.0 Å². The molecule has 3 aromatic carbocycles. The van der Waals surface area contributed by atoms with Crippen LogP contribution < -0.4 is 14.8 Å². The molecule has 2 aromatic heterocycles. The van der Waals surface area contributed by atoms with E-state index in [2.05, 4.69) is 15.0 Å². The number of Topliss-reactive ketones (excluding diaryl/α,β-unsaturated/α-hetero) is 1. The standard InChI is InChI=1S/C50H52F3N5O8S/c1-29(2)54-45(60)32-13-10-11-30(23-32)24-33-12-6-4-3-5-7-14-35-26-49(35,48(62)57-67(63,64)37-21-22-37)27-40(59)39-25-36(28-58(39)47(33)61)65-46-43-42(38-15-8-9-16-41(38)66-43)55-44(56-46)31-17-19-34(20-18-31)50(51,52)53/h7-11,13-20,23,29,33,35-37,39H,3-6,12,21-22,24-28H2,1-2H3,(H,54,60)(H,57,62)/b14-7-/t33-,35+,36-,39+,49-/m1/s1. The van der Waals surface area contributed by atoms with Gasteiger partial charge in [0, 0.05) is 41.3 Å². The van der Waals surface area contributed by atoms with Crippen LogP contribution in [0.15, 0.2) is 89.4 Å². The predicted molar refractivity (Wildman–Crippen MR) is 243 cm³/mol. The minimum absolute atomic E-state index is 0.0118. The lowest BCUT2D eigenvalue weighted by atomic mass is 9.89. The molecule has 2 aliphatic heterocycles. The molecule has 2 aliphatic carbocycles. The predicted octanol–water partition coefficient (Wildman–Crippen LogP) is 8.50. The summed E-state index contributed by atoms with van der Waals surface area (Å²) in [6.45, 7) is 3.67. The van der Waals surface area contributed by atoms with Crippen molar-refractivity contribution >= 4 is 55.6 Å². The van der Waals surface area contributed by atoms with Gasteiger partial charge in [0.05, 0.1) is 28.8 Å². The molecule has 1 saturated heterocycles. The molecule has 0 radical (unpaired) electrons. The molecule has 17 heteroatoms. The van der Waals surface area contributed by atoms with E-state index in [1.807, 2.05) is 32.1 Å². The van der Waals surface area contributed by atoms with Crippen LogP contribution >= 0.6 is 0 Å². The minimum Gasteiger partial charge on any atom is -0.470 e. The van der Waals surface area contributed by atoms with Gasteiger partial charge in [-0.25, -0.2) is 13.4 Å². The summed E-state index contributed by atoms with van der Waals surface area (Å²) < 4.78 is 81.9. The van der Waals surface area contributed by atoms with E-state index in [1.165, 1.54) is 17.0 Å². The van der Waals surface area contributed by atoms with Gasteiger partial charge >= 0.3 is 6.18 Å². The van der Waals surface area contributed by atoms with Crippen LogP contribution in [-0.4, -0.2) is 76.8 Å². The Labute approximate surface area is 386 Å². The summed E-state index contributed by atoms with van der Waals surface area (Å²) in [6, 6.07) is 17.5. The van der Waals surface area contributed by atoms with Crippen LogP contribution in [0.2, 0.25) is 0 Å². The highest BCUT2D eigenvalue weighted by Gasteiger charge is 2.61. The quantitative estimate of drug-likeness (QED) is 0.129. The van der Waals surface area contributed by atoms with Gasteiger partial charge in [0.15, 0.2) is 11.6 Å². The third-order valence-corrected chi connectivity index (χ3v) is 15.2. The molecule has 4 aliphatic rings. The van der Waals surface area contributed by atoms with Gasteiger partial charge in [-0.05, 0) is 107 Å². The summed E-state index contributed by atoms with van der Waals surface area (Å²) in [7, 11) is -3.93. The summed E-state index contributed by atoms with van der Waals surface area (Å²) in [4.78, 5) is 68.0. The molecule has 9 rings (SSSR count). The molecule has 5 atom stereocenters. The molecule has 352 valence electrons. The van der Waals surface area contributed by atoms with Gasteiger partial charge in [-0.1, -0.05) is 61.4 Å². The first kappa shape index (κ1) is 46.0. The number of furan rings is 1. The molecule has 0 unspecified atom stereocenters. The molecular formula is C50H52F3N5O8S. The number of rotatable bonds is 10. The maximum Gasteiger partial charge on any atom is 0.416 e. The number of carbonyl (C=O) groups excluding carboxylic acids is 4. The van der Waals surface area contributed by atoms with Crippen molar-refractivity contribution < 1.29 is 49.9 Å². The van der Waals surface area contributed by atoms with Crippen molar-refractivity contribution in [1.29, 1.82) is 0 Å². The van der Waals surface area contributed by atoms with E-state index >= 15 is 4.79 Å². The SMILES string of the molecule is CC(C)NC(=O)c1cccc(C[C@H]2CCCCC/C=C\[C@H]3C[C@@]3(C(=O)NS(=O)(=O)C3CC3)CC(=O)[C@@H]3C[C@@H](Oc4nc(-c5ccc(C(F)(F)F)cc5)nc5c4oc4ccccc45)CN3C2=O)c1. The smallest absolute Gasteiger partial charge is 0.416 e. The van der Waals surface area contributed by atoms with Gasteiger partial charge in [-0.2, -0.15) is 18.2 Å². The highest BCUT2D eigenvalue weighted by atomic mass is 32.2. The largest absolute Gasteiger partial charge is 0.470 e. The monoisotopic (exact) mass is 939 g/mol. The molecule has 13 nitrogen and oxygen atoms in total. The van der Waals surface area contributed by atoms with Crippen molar-refractivity contribution in [2.75, 3.05) is 6.54 Å². The van der Waals surface area contributed by atoms with Gasteiger partial charge in [0.25, 0.3) is 11.8 Å². The molecule has 5 aromatic rings. The highest BCUT2D eigenvalue weighted by Crippen LogP contribution is 2.57. The Hall–Kier alpha value is -6.10. The second-order valence-electron chi connectivity index (χ2n) is 18.8. The second-order valence-corrected chi connectivity index (χ2v) is 20.7. The number of amides is 3. The third kappa shape index (κ3) is 9.83. The average molecular weight is 940 g/mol. The van der Waals surface area contributed by atoms with Crippen LogP contribution in [0.5, 0.6) is 5.88 Å². The number of nitrogens with zero attached hydrogens (tertiary/aromatic N) is 3. The molecule has 3 fully saturated rings. The van der Waals surface area contributed by atoms with Crippen LogP contribution in [0, 0.1) is 17.3 Å². The number of hydrogen-bond acceptors (Lipinski definition) is 10. The zero-order chi connectivity index (χ0) is 47.3. The molecule has 3 amide bonds. The zero-order valence-corrected chi connectivity index (χ0v) is 38.0. The Morgan fingerprint density at radius 1 is 0.970 bits per heavy atom. The van der Waals surface area contributed by atoms with Crippen molar-refractivity contribution in [3.05, 3.63) is 102 Å². The highest BCUT2D eigenvalue weighted by molar-refractivity contribution is 7.90. The van der Waals surface area contributed by atoms with Crippen molar-refractivity contribution in [3.63, 3.8) is 0 Å². The van der Waals surface area contributed by atoms with Gasteiger partial charge in [-0.3, -0.25) is 23.9 Å². The van der Waals surface area contributed by atoms with Gasteiger partial charge in [0.1, 0.15) is 17.2 Å². The fourth-order valence-corrected chi connectivity index (χ4v) is 10.9. The summed E-state index contributed by atoms with van der Waals surface area (Å²) in [6.07, 6.45) is 3.13. The molecular weight excluding hydrogens is 888 g/mol. The Kier molecular flexibility index (Phi) is 12.5. The van der Waals surface area contributed by atoms with Crippen molar-refractivity contribution in [2.45, 2.75) is 114 Å². The summed E-state index contributed by atoms with van der Waals surface area (Å²) >= 11 is 0. The van der Waals surface area contributed by atoms with Crippen LogP contribution in [0.4, 0.5) is 13.2 Å². The lowest BCUT2D eigenvalue weighted by Crippen LogP contribution is -2.46. The van der Waals surface area contributed by atoms with Crippen LogP contribution in [0.1, 0.15) is 99.5 Å². The molecule has 67 heavy (non-hydrogen) atoms. The fraction of sp³-hybridized carbons (Fsp3) is 0.440. The number of ketones is 1. The Balaban J connectivity index is 1.07. The first-order chi connectivity index (χ1) is 32.0. The number of fused-ring (bicyclic) bond motifs is 5. The maximum atomic E-state index is 15.2. The van der Waals surface area contributed by atoms with E-state index in [0.29, 0.717) is 54.2 Å². The topological polar surface area (TPSA) is 178 Å². The number of sulfonamides is 1. The first-order valence-corrected chi connectivity index (χ1v) is 24.5. The summed E-state index contributed by atoms with van der Waals surface area (Å²) in [5.74, 6) is -2.66. The molecule has 4 heterocycles. The lowest BCUT2D eigenvalue weighted by Gasteiger charge is -2.29. The van der Waals surface area contributed by atoms with E-state index in [-0.39, 0.29) is 78.9 Å². The Bertz CT molecular complexity index is 2880. The Morgan fingerprint density at radius 2 is 1.75 bits per heavy atom. The number of para-hydroxylation sites is 1. The summed E-state index contributed by atoms with van der Waals surface area (Å²) in [5.41, 5.74) is 0.301. The van der Waals surface area contributed by atoms with E-state index in [1.54, 1.807) is 42.5 Å². The molecule has 2 N–H and O–H groups in total. The second kappa shape index (κ2) is 18.2. The van der Waals surface area contributed by atoms with E-state index in [4.69, 9.17) is 14.1 Å². The number of aromatic nitrogens is 2. The van der Waals surface area contributed by atoms with E-state index in [9.17, 15) is 36.0 Å². The number of benzene rings is 3. The van der Waals surface area contributed by atoms with Crippen molar-refractivity contribution in [2.24, 2.45) is 17.3 Å². The molecule has 0 bridgehead atoms. The number of alkyl halides is 3. The first-order valence-electron chi connectivity index (χ1n) is 23.0. The molecule has 0 spiro atoms. The Morgan fingerprint density at radius 3 is 2.49 bits per heavy atom. The number of hydrogen-bond donors (Lipinski definition) is 2. The van der Waals surface area contributed by atoms with Crippen LogP contribution in [0.3, 0.4) is 0 Å². The van der Waals surface area contributed by atoms with E-state index in [0.717, 1.165) is 30.5 Å². The maximum absolute atomic E-state index is 15.2. The van der Waals surface area contributed by atoms with Crippen LogP contribution in [0.25, 0.3) is 33.5 Å². The lowest BCUT2D eigenvalue weighted by molar-refractivity contribution is -0.142. The zero-order valence-electron chi connectivity index (χ0n) is 37.2. The van der Waals surface area contributed by atoms with Crippen molar-refractivity contribution in [3.8, 4) is 17.3 Å².